The predicted molar refractivity (Wildman–Crippen MR) is 79.6 cm³/mol. The van der Waals surface area contributed by atoms with Crippen LogP contribution in [0.5, 0.6) is 0 Å². The Bertz CT molecular complexity index is 567. The molecule has 128 valence electrons. The topological polar surface area (TPSA) is 159 Å². The number of nitrogens with one attached hydrogen (secondary N) is 1. The average molecular weight is 329 g/mol. The molecule has 1 aliphatic heterocycles. The number of rotatable bonds is 5. The number of carbonyl (C=O) groups is 2. The van der Waals surface area contributed by atoms with E-state index in [1.165, 1.54) is 0 Å². The molecule has 3 N–H and O–H groups in total. The first kappa shape index (κ1) is 18.3. The Morgan fingerprint density at radius 3 is 2.52 bits per heavy atom. The molecule has 0 bridgehead atoms. The zero-order valence-electron chi connectivity index (χ0n) is 13.2. The number of nitro groups is 1. The summed E-state index contributed by atoms with van der Waals surface area (Å²) >= 11 is 0. The number of aliphatic imine (C=N–C) groups is 2. The Morgan fingerprint density at radius 2 is 2.13 bits per heavy atom. The third kappa shape index (κ3) is 4.90. The number of carbonyl (C=O) groups excluding carboxylic acids is 2. The lowest BCUT2D eigenvalue weighted by Crippen LogP contribution is -2.50. The molecule has 0 aliphatic carbocycles. The van der Waals surface area contributed by atoms with Gasteiger partial charge >= 0.3 is 17.7 Å². The molecule has 0 radical (unpaired) electrons. The molecule has 0 aromatic carbocycles. The van der Waals surface area contributed by atoms with E-state index < -0.39 is 40.7 Å². The van der Waals surface area contributed by atoms with Crippen LogP contribution in [0.4, 0.5) is 4.79 Å². The third-order valence-corrected chi connectivity index (χ3v) is 2.71. The van der Waals surface area contributed by atoms with E-state index in [1.54, 1.807) is 20.8 Å². The number of esters is 1. The summed E-state index contributed by atoms with van der Waals surface area (Å²) in [6.07, 6.45) is -0.524. The van der Waals surface area contributed by atoms with Crippen LogP contribution in [0.15, 0.2) is 9.98 Å². The molecule has 0 saturated carbocycles. The first-order valence-corrected chi connectivity index (χ1v) is 6.61. The molecule has 0 saturated heterocycles. The highest BCUT2D eigenvalue weighted by molar-refractivity contribution is 5.95. The number of nitrogens with two attached hydrogens (primary N) is 1. The number of ether oxygens (including phenoxy) is 2. The number of hydrogen-bond acceptors (Lipinski definition) is 9. The normalized spacial score (nSPS) is 21.3. The predicted octanol–water partition coefficient (Wildman–Crippen LogP) is -0.185. The fourth-order valence-electron chi connectivity index (χ4n) is 1.77. The summed E-state index contributed by atoms with van der Waals surface area (Å²) in [7, 11) is 1.09. The maximum absolute atomic E-state index is 11.8. The van der Waals surface area contributed by atoms with Crippen molar-refractivity contribution >= 4 is 24.2 Å². The van der Waals surface area contributed by atoms with Gasteiger partial charge in [-0.25, -0.2) is 14.6 Å². The van der Waals surface area contributed by atoms with Crippen LogP contribution in [0.25, 0.3) is 0 Å². The monoisotopic (exact) mass is 329 g/mol. The summed E-state index contributed by atoms with van der Waals surface area (Å²) in [5.41, 5.74) is 2.49. The van der Waals surface area contributed by atoms with Crippen molar-refractivity contribution in [3.05, 3.63) is 10.1 Å². The van der Waals surface area contributed by atoms with Crippen molar-refractivity contribution in [2.24, 2.45) is 15.7 Å². The molecule has 11 heteroatoms. The van der Waals surface area contributed by atoms with Gasteiger partial charge in [0.25, 0.3) is 0 Å². The second-order valence-electron chi connectivity index (χ2n) is 5.79. The minimum absolute atomic E-state index is 0.289. The Hall–Kier alpha value is -2.72. The first-order chi connectivity index (χ1) is 10.5. The number of amides is 1. The second-order valence-corrected chi connectivity index (χ2v) is 5.79. The molecule has 2 atom stereocenters. The first-order valence-electron chi connectivity index (χ1n) is 6.61. The standard InChI is InChI=1S/C12H19N5O6/c1-11(2,3)23-10(19)15-7(8(18)22-4)5-12(17(20)21)6-14-9(13)16-12/h6-7H,5H2,1-4H3,(H2,13,16)(H,15,19). The van der Waals surface area contributed by atoms with Crippen LogP contribution in [-0.4, -0.2) is 53.6 Å². The van der Waals surface area contributed by atoms with Crippen molar-refractivity contribution in [2.45, 2.75) is 44.5 Å². The van der Waals surface area contributed by atoms with Crippen LogP contribution in [0.1, 0.15) is 27.2 Å². The summed E-state index contributed by atoms with van der Waals surface area (Å²) in [4.78, 5) is 41.3. The maximum Gasteiger partial charge on any atom is 0.408 e. The van der Waals surface area contributed by atoms with Gasteiger partial charge in [-0.05, 0) is 20.8 Å². The molecule has 23 heavy (non-hydrogen) atoms. The molecular formula is C12H19N5O6. The number of nitrogens with zero attached hydrogens (tertiary/aromatic N) is 3. The van der Waals surface area contributed by atoms with E-state index in [9.17, 15) is 19.7 Å². The second kappa shape index (κ2) is 6.58. The van der Waals surface area contributed by atoms with Crippen LogP contribution in [0.3, 0.4) is 0 Å². The van der Waals surface area contributed by atoms with E-state index in [0.29, 0.717) is 0 Å². The minimum Gasteiger partial charge on any atom is -0.467 e. The maximum atomic E-state index is 11.8. The van der Waals surface area contributed by atoms with Crippen molar-refractivity contribution < 1.29 is 24.0 Å². The molecule has 0 spiro atoms. The molecule has 0 aromatic rings. The lowest BCUT2D eigenvalue weighted by Gasteiger charge is -2.24. The highest BCUT2D eigenvalue weighted by atomic mass is 16.6. The molecular weight excluding hydrogens is 310 g/mol. The number of guanidine groups is 1. The van der Waals surface area contributed by atoms with Crippen molar-refractivity contribution in [3.8, 4) is 0 Å². The van der Waals surface area contributed by atoms with Gasteiger partial charge in [-0.15, -0.1) is 0 Å². The molecule has 0 fully saturated rings. The van der Waals surface area contributed by atoms with Gasteiger partial charge in [-0.3, -0.25) is 10.1 Å². The Balaban J connectivity index is 2.95. The molecule has 2 unspecified atom stereocenters. The van der Waals surface area contributed by atoms with E-state index >= 15 is 0 Å². The van der Waals surface area contributed by atoms with Crippen LogP contribution in [0, 0.1) is 10.1 Å². The van der Waals surface area contributed by atoms with E-state index in [-0.39, 0.29) is 5.96 Å². The third-order valence-electron chi connectivity index (χ3n) is 2.71. The number of hydrogen-bond donors (Lipinski definition) is 2. The summed E-state index contributed by atoms with van der Waals surface area (Å²) in [5, 5.41) is 13.5. The van der Waals surface area contributed by atoms with E-state index in [0.717, 1.165) is 13.3 Å². The van der Waals surface area contributed by atoms with Crippen LogP contribution >= 0.6 is 0 Å². The van der Waals surface area contributed by atoms with Gasteiger partial charge in [0.2, 0.25) is 5.96 Å². The minimum atomic E-state index is -2.04. The van der Waals surface area contributed by atoms with Crippen molar-refractivity contribution in [1.82, 2.24) is 5.32 Å². The lowest BCUT2D eigenvalue weighted by atomic mass is 10.0. The Morgan fingerprint density at radius 1 is 1.52 bits per heavy atom. The van der Waals surface area contributed by atoms with Crippen LogP contribution < -0.4 is 11.1 Å². The zero-order valence-corrected chi connectivity index (χ0v) is 13.2. The van der Waals surface area contributed by atoms with Gasteiger partial charge in [0, 0.05) is 0 Å². The molecule has 1 aliphatic rings. The molecule has 1 amide bonds. The fourth-order valence-corrected chi connectivity index (χ4v) is 1.77. The van der Waals surface area contributed by atoms with E-state index in [2.05, 4.69) is 20.0 Å². The van der Waals surface area contributed by atoms with Gasteiger partial charge in [-0.2, -0.15) is 4.99 Å². The molecule has 11 nitrogen and oxygen atoms in total. The zero-order chi connectivity index (χ0) is 17.8. The highest BCUT2D eigenvalue weighted by Gasteiger charge is 2.48. The number of methoxy groups -OCH3 is 1. The van der Waals surface area contributed by atoms with E-state index in [4.69, 9.17) is 10.5 Å². The Kier molecular flexibility index (Phi) is 5.25. The van der Waals surface area contributed by atoms with Crippen molar-refractivity contribution in [2.75, 3.05) is 7.11 Å². The van der Waals surface area contributed by atoms with Gasteiger partial charge < -0.3 is 20.5 Å². The number of alkyl carbamates (subject to hydrolysis) is 1. The van der Waals surface area contributed by atoms with Gasteiger partial charge in [0.15, 0.2) is 0 Å². The van der Waals surface area contributed by atoms with Gasteiger partial charge in [0.05, 0.1) is 18.5 Å². The lowest BCUT2D eigenvalue weighted by molar-refractivity contribution is -0.544. The Labute approximate surface area is 132 Å². The SMILES string of the molecule is COC(=O)C(CC1([N+](=O)[O-])C=NC(N)=N1)NC(=O)OC(C)(C)C. The smallest absolute Gasteiger partial charge is 0.408 e. The van der Waals surface area contributed by atoms with Crippen molar-refractivity contribution in [1.29, 1.82) is 0 Å². The molecule has 0 aromatic heterocycles. The van der Waals surface area contributed by atoms with Gasteiger partial charge in [0.1, 0.15) is 17.9 Å². The summed E-state index contributed by atoms with van der Waals surface area (Å²) in [5.74, 6) is -1.17. The van der Waals surface area contributed by atoms with Crippen molar-refractivity contribution in [3.63, 3.8) is 0 Å². The fraction of sp³-hybridized carbons (Fsp3) is 0.667. The molecule has 1 heterocycles. The van der Waals surface area contributed by atoms with Crippen LogP contribution in [0.2, 0.25) is 0 Å². The highest BCUT2D eigenvalue weighted by Crippen LogP contribution is 2.22. The van der Waals surface area contributed by atoms with E-state index in [1.807, 2.05) is 0 Å². The summed E-state index contributed by atoms with van der Waals surface area (Å²) in [6.45, 7) is 4.90. The molecule has 1 rings (SSSR count). The average Bonchev–Trinajstić information content (AvgIpc) is 2.77. The summed E-state index contributed by atoms with van der Waals surface area (Å²) < 4.78 is 9.57. The van der Waals surface area contributed by atoms with Gasteiger partial charge in [-0.1, -0.05) is 0 Å². The van der Waals surface area contributed by atoms with Crippen LogP contribution in [-0.2, 0) is 14.3 Å². The summed E-state index contributed by atoms with van der Waals surface area (Å²) in [6, 6.07) is -1.36. The quantitative estimate of drug-likeness (QED) is 0.402. The largest absolute Gasteiger partial charge is 0.467 e.